The minimum Gasteiger partial charge on any atom is -0.379 e. The third kappa shape index (κ3) is 3.57. The molecular weight excluding hydrogens is 338 g/mol. The summed E-state index contributed by atoms with van der Waals surface area (Å²) in [6, 6.07) is 14.8. The fourth-order valence-electron chi connectivity index (χ4n) is 3.96. The highest BCUT2D eigenvalue weighted by molar-refractivity contribution is 6.10. The van der Waals surface area contributed by atoms with Crippen molar-refractivity contribution in [1.29, 1.82) is 0 Å². The largest absolute Gasteiger partial charge is 0.379 e. The smallest absolute Gasteiger partial charge is 0.251 e. The number of fused-ring (bicyclic) bond motifs is 3. The van der Waals surface area contributed by atoms with Crippen molar-refractivity contribution in [3.05, 3.63) is 48.0 Å². The second kappa shape index (κ2) is 7.71. The SMILES string of the molecule is CC(C)n1c2ccccc2c2cc(C(=O)NCCN3CCOCC3)ccc21. The zero-order chi connectivity index (χ0) is 18.8. The first-order chi connectivity index (χ1) is 13.1. The molecule has 5 nitrogen and oxygen atoms in total. The van der Waals surface area contributed by atoms with E-state index in [1.807, 2.05) is 12.1 Å². The summed E-state index contributed by atoms with van der Waals surface area (Å²) in [7, 11) is 0. The lowest BCUT2D eigenvalue weighted by molar-refractivity contribution is 0.0383. The number of carbonyl (C=O) groups excluding carboxylic acids is 1. The summed E-state index contributed by atoms with van der Waals surface area (Å²) < 4.78 is 7.70. The van der Waals surface area contributed by atoms with Gasteiger partial charge in [0, 0.05) is 59.6 Å². The Labute approximate surface area is 159 Å². The number of nitrogens with one attached hydrogen (secondary N) is 1. The molecule has 0 aliphatic carbocycles. The van der Waals surface area contributed by atoms with E-state index in [1.165, 1.54) is 16.4 Å². The van der Waals surface area contributed by atoms with Gasteiger partial charge in [0.05, 0.1) is 13.2 Å². The topological polar surface area (TPSA) is 46.5 Å². The van der Waals surface area contributed by atoms with Gasteiger partial charge in [-0.2, -0.15) is 0 Å². The first kappa shape index (κ1) is 18.0. The van der Waals surface area contributed by atoms with Crippen LogP contribution in [0.2, 0.25) is 0 Å². The number of hydrogen-bond donors (Lipinski definition) is 1. The lowest BCUT2D eigenvalue weighted by Crippen LogP contribution is -2.41. The van der Waals surface area contributed by atoms with Crippen LogP contribution in [0, 0.1) is 0 Å². The lowest BCUT2D eigenvalue weighted by atomic mass is 10.1. The Hall–Kier alpha value is -2.37. The molecule has 1 saturated heterocycles. The number of ether oxygens (including phenoxy) is 1. The average molecular weight is 365 g/mol. The number of amides is 1. The first-order valence-corrected chi connectivity index (χ1v) is 9.76. The van der Waals surface area contributed by atoms with Gasteiger partial charge >= 0.3 is 0 Å². The molecule has 4 rings (SSSR count). The van der Waals surface area contributed by atoms with Crippen molar-refractivity contribution in [3.8, 4) is 0 Å². The van der Waals surface area contributed by atoms with Gasteiger partial charge in [-0.05, 0) is 38.1 Å². The number of para-hydroxylation sites is 1. The van der Waals surface area contributed by atoms with Gasteiger partial charge in [0.25, 0.3) is 5.91 Å². The van der Waals surface area contributed by atoms with Crippen LogP contribution >= 0.6 is 0 Å². The third-order valence-electron chi connectivity index (χ3n) is 5.31. The minimum absolute atomic E-state index is 0.00784. The molecule has 0 saturated carbocycles. The molecule has 0 spiro atoms. The van der Waals surface area contributed by atoms with Crippen LogP contribution in [0.1, 0.15) is 30.2 Å². The number of benzene rings is 2. The highest BCUT2D eigenvalue weighted by Gasteiger charge is 2.15. The maximum absolute atomic E-state index is 12.6. The Bertz CT molecular complexity index is 955. The van der Waals surface area contributed by atoms with E-state index in [-0.39, 0.29) is 5.91 Å². The van der Waals surface area contributed by atoms with Crippen LogP contribution in [0.3, 0.4) is 0 Å². The molecule has 0 unspecified atom stereocenters. The summed E-state index contributed by atoms with van der Waals surface area (Å²) in [4.78, 5) is 15.0. The van der Waals surface area contributed by atoms with Crippen molar-refractivity contribution in [2.24, 2.45) is 0 Å². The predicted octanol–water partition coefficient (Wildman–Crippen LogP) is 3.44. The number of aromatic nitrogens is 1. The van der Waals surface area contributed by atoms with Gasteiger partial charge in [-0.15, -0.1) is 0 Å². The molecule has 1 fully saturated rings. The molecule has 5 heteroatoms. The van der Waals surface area contributed by atoms with Crippen LogP contribution in [0.4, 0.5) is 0 Å². The van der Waals surface area contributed by atoms with Crippen molar-refractivity contribution in [2.75, 3.05) is 39.4 Å². The van der Waals surface area contributed by atoms with Gasteiger partial charge in [-0.1, -0.05) is 18.2 Å². The first-order valence-electron chi connectivity index (χ1n) is 9.76. The Balaban J connectivity index is 1.56. The summed E-state index contributed by atoms with van der Waals surface area (Å²) in [6.45, 7) is 9.35. The van der Waals surface area contributed by atoms with Gasteiger partial charge in [0.2, 0.25) is 0 Å². The Morgan fingerprint density at radius 2 is 1.81 bits per heavy atom. The molecule has 1 aliphatic rings. The minimum atomic E-state index is -0.00784. The Morgan fingerprint density at radius 3 is 2.59 bits per heavy atom. The summed E-state index contributed by atoms with van der Waals surface area (Å²) in [5.41, 5.74) is 3.11. The van der Waals surface area contributed by atoms with Crippen molar-refractivity contribution < 1.29 is 9.53 Å². The lowest BCUT2D eigenvalue weighted by Gasteiger charge is -2.26. The van der Waals surface area contributed by atoms with Gasteiger partial charge in [0.1, 0.15) is 0 Å². The van der Waals surface area contributed by atoms with Crippen molar-refractivity contribution in [1.82, 2.24) is 14.8 Å². The van der Waals surface area contributed by atoms with E-state index in [1.54, 1.807) is 0 Å². The summed E-state index contributed by atoms with van der Waals surface area (Å²) in [5, 5.41) is 5.40. The second-order valence-electron chi connectivity index (χ2n) is 7.42. The number of hydrogen-bond acceptors (Lipinski definition) is 3. The van der Waals surface area contributed by atoms with Crippen LogP contribution < -0.4 is 5.32 Å². The van der Waals surface area contributed by atoms with E-state index >= 15 is 0 Å². The summed E-state index contributed by atoms with van der Waals surface area (Å²) in [6.07, 6.45) is 0. The molecule has 1 aromatic heterocycles. The molecule has 2 aromatic carbocycles. The monoisotopic (exact) mass is 365 g/mol. The molecule has 0 radical (unpaired) electrons. The van der Waals surface area contributed by atoms with Crippen LogP contribution in [-0.4, -0.2) is 54.8 Å². The molecule has 1 aliphatic heterocycles. The van der Waals surface area contributed by atoms with Crippen LogP contribution in [0.5, 0.6) is 0 Å². The molecule has 0 bridgehead atoms. The van der Waals surface area contributed by atoms with Crippen molar-refractivity contribution in [2.45, 2.75) is 19.9 Å². The van der Waals surface area contributed by atoms with Gasteiger partial charge < -0.3 is 14.6 Å². The summed E-state index contributed by atoms with van der Waals surface area (Å²) in [5.74, 6) is -0.00784. The maximum atomic E-state index is 12.6. The maximum Gasteiger partial charge on any atom is 0.251 e. The molecule has 27 heavy (non-hydrogen) atoms. The molecule has 1 amide bonds. The number of rotatable bonds is 5. The van der Waals surface area contributed by atoms with Crippen LogP contribution in [0.25, 0.3) is 21.8 Å². The normalized spacial score (nSPS) is 15.7. The van der Waals surface area contributed by atoms with E-state index in [9.17, 15) is 4.79 Å². The van der Waals surface area contributed by atoms with E-state index in [4.69, 9.17) is 4.74 Å². The van der Waals surface area contributed by atoms with Crippen molar-refractivity contribution in [3.63, 3.8) is 0 Å². The van der Waals surface area contributed by atoms with E-state index in [0.717, 1.165) is 43.8 Å². The predicted molar refractivity (Wildman–Crippen MR) is 109 cm³/mol. The van der Waals surface area contributed by atoms with Gasteiger partial charge in [-0.25, -0.2) is 0 Å². The quantitative estimate of drug-likeness (QED) is 0.753. The zero-order valence-electron chi connectivity index (χ0n) is 16.1. The Kier molecular flexibility index (Phi) is 5.14. The highest BCUT2D eigenvalue weighted by atomic mass is 16.5. The van der Waals surface area contributed by atoms with E-state index in [0.29, 0.717) is 12.6 Å². The van der Waals surface area contributed by atoms with Gasteiger partial charge in [0.15, 0.2) is 0 Å². The molecular formula is C22H27N3O2. The molecule has 2 heterocycles. The second-order valence-corrected chi connectivity index (χ2v) is 7.42. The third-order valence-corrected chi connectivity index (χ3v) is 5.31. The average Bonchev–Trinajstić information content (AvgIpc) is 3.02. The standard InChI is InChI=1S/C22H27N3O2/c1-16(2)25-20-6-4-3-5-18(20)19-15-17(7-8-21(19)25)22(26)23-9-10-24-11-13-27-14-12-24/h3-8,15-16H,9-14H2,1-2H3,(H,23,26). The number of nitrogens with zero attached hydrogens (tertiary/aromatic N) is 2. The van der Waals surface area contributed by atoms with Gasteiger partial charge in [-0.3, -0.25) is 9.69 Å². The molecule has 0 atom stereocenters. The summed E-state index contributed by atoms with van der Waals surface area (Å²) >= 11 is 0. The number of morpholine rings is 1. The molecule has 1 N–H and O–H groups in total. The van der Waals surface area contributed by atoms with E-state index in [2.05, 4.69) is 59.0 Å². The van der Waals surface area contributed by atoms with Crippen molar-refractivity contribution >= 4 is 27.7 Å². The van der Waals surface area contributed by atoms with Crippen LogP contribution in [0.15, 0.2) is 42.5 Å². The zero-order valence-corrected chi connectivity index (χ0v) is 16.1. The van der Waals surface area contributed by atoms with E-state index < -0.39 is 0 Å². The Morgan fingerprint density at radius 1 is 1.07 bits per heavy atom. The molecule has 142 valence electrons. The highest BCUT2D eigenvalue weighted by Crippen LogP contribution is 2.32. The number of carbonyl (C=O) groups is 1. The molecule has 3 aromatic rings. The fraction of sp³-hybridized carbons (Fsp3) is 0.409. The van der Waals surface area contributed by atoms with Crippen LogP contribution in [-0.2, 0) is 4.74 Å². The fourth-order valence-corrected chi connectivity index (χ4v) is 3.96.